The lowest BCUT2D eigenvalue weighted by atomic mass is 10.1. The molecule has 2 aromatic rings. The van der Waals surface area contributed by atoms with Gasteiger partial charge in [0.15, 0.2) is 11.5 Å². The van der Waals surface area contributed by atoms with Crippen LogP contribution in [0.2, 0.25) is 0 Å². The van der Waals surface area contributed by atoms with E-state index in [9.17, 15) is 26.4 Å². The van der Waals surface area contributed by atoms with Gasteiger partial charge in [0, 0.05) is 31.7 Å². The summed E-state index contributed by atoms with van der Waals surface area (Å²) >= 11 is 0. The van der Waals surface area contributed by atoms with E-state index in [2.05, 4.69) is 4.74 Å². The maximum absolute atomic E-state index is 12.8. The van der Waals surface area contributed by atoms with Crippen LogP contribution in [0, 0.1) is 0 Å². The SMILES string of the molecule is COc1ccc(C(=O)N2CCN(S(=O)(=O)c3ccc(OC(F)(F)F)cc3)CC2)cc1OC. The van der Waals surface area contributed by atoms with Crippen molar-refractivity contribution >= 4 is 15.9 Å². The van der Waals surface area contributed by atoms with Crippen molar-refractivity contribution in [2.45, 2.75) is 11.3 Å². The van der Waals surface area contributed by atoms with Crippen LogP contribution in [0.1, 0.15) is 10.4 Å². The van der Waals surface area contributed by atoms with Gasteiger partial charge in [0.25, 0.3) is 5.91 Å². The zero-order valence-corrected chi connectivity index (χ0v) is 18.1. The number of methoxy groups -OCH3 is 2. The molecule has 3 rings (SSSR count). The van der Waals surface area contributed by atoms with Gasteiger partial charge in [0.1, 0.15) is 5.75 Å². The average Bonchev–Trinajstić information content (AvgIpc) is 2.77. The number of halogens is 3. The maximum Gasteiger partial charge on any atom is 0.573 e. The third-order valence-corrected chi connectivity index (χ3v) is 6.76. The van der Waals surface area contributed by atoms with Crippen LogP contribution in [0.25, 0.3) is 0 Å². The number of hydrogen-bond donors (Lipinski definition) is 0. The van der Waals surface area contributed by atoms with Crippen LogP contribution in [0.3, 0.4) is 0 Å². The highest BCUT2D eigenvalue weighted by Gasteiger charge is 2.33. The number of hydrogen-bond acceptors (Lipinski definition) is 6. The van der Waals surface area contributed by atoms with Crippen molar-refractivity contribution in [2.75, 3.05) is 40.4 Å². The first kappa shape index (κ1) is 23.7. The Morgan fingerprint density at radius 3 is 2.03 bits per heavy atom. The fraction of sp³-hybridized carbons (Fsp3) is 0.350. The van der Waals surface area contributed by atoms with Crippen LogP contribution in [0.4, 0.5) is 13.2 Å². The second-order valence-electron chi connectivity index (χ2n) is 6.79. The average molecular weight is 474 g/mol. The molecule has 1 saturated heterocycles. The number of benzene rings is 2. The molecule has 1 aliphatic heterocycles. The van der Waals surface area contributed by atoms with Crippen LogP contribution in [-0.4, -0.2) is 70.3 Å². The summed E-state index contributed by atoms with van der Waals surface area (Å²) in [6.45, 7) is 0.397. The molecule has 0 aromatic heterocycles. The van der Waals surface area contributed by atoms with Gasteiger partial charge in [-0.1, -0.05) is 0 Å². The summed E-state index contributed by atoms with van der Waals surface area (Å²) in [4.78, 5) is 14.2. The molecule has 1 fully saturated rings. The van der Waals surface area contributed by atoms with Crippen LogP contribution in [0.5, 0.6) is 17.2 Å². The Bertz CT molecular complexity index is 1070. The predicted octanol–water partition coefficient (Wildman–Crippen LogP) is 2.75. The molecule has 1 amide bonds. The quantitative estimate of drug-likeness (QED) is 0.640. The monoisotopic (exact) mass is 474 g/mol. The normalized spacial score (nSPS) is 15.3. The number of carbonyl (C=O) groups is 1. The topological polar surface area (TPSA) is 85.4 Å². The summed E-state index contributed by atoms with van der Waals surface area (Å²) in [7, 11) is -0.996. The number of amides is 1. The minimum atomic E-state index is -4.86. The number of sulfonamides is 1. The van der Waals surface area contributed by atoms with Crippen molar-refractivity contribution in [1.29, 1.82) is 0 Å². The molecule has 0 N–H and O–H groups in total. The molecular weight excluding hydrogens is 453 g/mol. The van der Waals surface area contributed by atoms with E-state index < -0.39 is 22.1 Å². The first-order chi connectivity index (χ1) is 15.0. The van der Waals surface area contributed by atoms with Gasteiger partial charge in [0.05, 0.1) is 19.1 Å². The lowest BCUT2D eigenvalue weighted by Gasteiger charge is -2.34. The standard InChI is InChI=1S/C20H21F3N2O6S/c1-29-17-8-3-14(13-18(17)30-2)19(26)24-9-11-25(12-10-24)32(27,28)16-6-4-15(5-7-16)31-20(21,22)23/h3-8,13H,9-12H2,1-2H3. The Morgan fingerprint density at radius 1 is 0.906 bits per heavy atom. The first-order valence-electron chi connectivity index (χ1n) is 9.42. The van der Waals surface area contributed by atoms with E-state index in [0.717, 1.165) is 24.3 Å². The van der Waals surface area contributed by atoms with E-state index >= 15 is 0 Å². The smallest absolute Gasteiger partial charge is 0.493 e. The van der Waals surface area contributed by atoms with Crippen molar-refractivity contribution in [2.24, 2.45) is 0 Å². The predicted molar refractivity (Wildman–Crippen MR) is 107 cm³/mol. The Kier molecular flexibility index (Phi) is 6.84. The Balaban J connectivity index is 1.66. The summed E-state index contributed by atoms with van der Waals surface area (Å²) in [5, 5.41) is 0. The maximum atomic E-state index is 12.8. The molecule has 1 heterocycles. The molecule has 12 heteroatoms. The molecule has 32 heavy (non-hydrogen) atoms. The highest BCUT2D eigenvalue weighted by Crippen LogP contribution is 2.29. The molecule has 1 aliphatic rings. The minimum absolute atomic E-state index is 0.0438. The number of alkyl halides is 3. The Morgan fingerprint density at radius 2 is 1.50 bits per heavy atom. The van der Waals surface area contributed by atoms with Gasteiger partial charge in [-0.15, -0.1) is 13.2 Å². The molecule has 0 bridgehead atoms. The summed E-state index contributed by atoms with van der Waals surface area (Å²) in [6, 6.07) is 8.74. The third kappa shape index (κ3) is 5.25. The van der Waals surface area contributed by atoms with Crippen LogP contribution < -0.4 is 14.2 Å². The van der Waals surface area contributed by atoms with E-state index in [1.54, 1.807) is 18.2 Å². The van der Waals surface area contributed by atoms with Crippen LogP contribution in [0.15, 0.2) is 47.4 Å². The first-order valence-corrected chi connectivity index (χ1v) is 10.9. The molecule has 174 valence electrons. The fourth-order valence-corrected chi connectivity index (χ4v) is 4.67. The second-order valence-corrected chi connectivity index (χ2v) is 8.72. The number of carbonyl (C=O) groups excluding carboxylic acids is 1. The van der Waals surface area contributed by atoms with Crippen LogP contribution >= 0.6 is 0 Å². The lowest BCUT2D eigenvalue weighted by Crippen LogP contribution is -2.50. The molecule has 8 nitrogen and oxygen atoms in total. The summed E-state index contributed by atoms with van der Waals surface area (Å²) < 4.78 is 77.8. The highest BCUT2D eigenvalue weighted by molar-refractivity contribution is 7.89. The van der Waals surface area contributed by atoms with E-state index in [1.807, 2.05) is 0 Å². The van der Waals surface area contributed by atoms with Gasteiger partial charge in [-0.3, -0.25) is 4.79 Å². The van der Waals surface area contributed by atoms with Gasteiger partial charge in [-0.2, -0.15) is 4.31 Å². The number of nitrogens with zero attached hydrogens (tertiary/aromatic N) is 2. The van der Waals surface area contributed by atoms with Gasteiger partial charge >= 0.3 is 6.36 Å². The Hall–Kier alpha value is -2.99. The lowest BCUT2D eigenvalue weighted by molar-refractivity contribution is -0.274. The molecule has 2 aromatic carbocycles. The number of rotatable bonds is 6. The van der Waals surface area contributed by atoms with Gasteiger partial charge in [-0.25, -0.2) is 8.42 Å². The zero-order chi connectivity index (χ0) is 23.5. The molecule has 0 spiro atoms. The fourth-order valence-electron chi connectivity index (χ4n) is 3.25. The van der Waals surface area contributed by atoms with E-state index in [4.69, 9.17) is 9.47 Å². The van der Waals surface area contributed by atoms with Gasteiger partial charge in [-0.05, 0) is 42.5 Å². The number of piperazine rings is 1. The van der Waals surface area contributed by atoms with E-state index in [1.165, 1.54) is 23.4 Å². The molecule has 0 atom stereocenters. The van der Waals surface area contributed by atoms with Gasteiger partial charge < -0.3 is 19.1 Å². The Labute approximate surface area is 183 Å². The molecular formula is C20H21F3N2O6S. The van der Waals surface area contributed by atoms with Crippen molar-refractivity contribution in [1.82, 2.24) is 9.21 Å². The summed E-state index contributed by atoms with van der Waals surface area (Å²) in [5.41, 5.74) is 0.374. The van der Waals surface area contributed by atoms with Crippen LogP contribution in [-0.2, 0) is 10.0 Å². The molecule has 0 aliphatic carbocycles. The van der Waals surface area contributed by atoms with Crippen molar-refractivity contribution in [3.63, 3.8) is 0 Å². The van der Waals surface area contributed by atoms with Crippen molar-refractivity contribution in [3.05, 3.63) is 48.0 Å². The molecule has 0 radical (unpaired) electrons. The largest absolute Gasteiger partial charge is 0.573 e. The molecule has 0 saturated carbocycles. The second kappa shape index (κ2) is 9.25. The van der Waals surface area contributed by atoms with E-state index in [-0.39, 0.29) is 37.0 Å². The van der Waals surface area contributed by atoms with Gasteiger partial charge in [0.2, 0.25) is 10.0 Å². The highest BCUT2D eigenvalue weighted by atomic mass is 32.2. The van der Waals surface area contributed by atoms with Crippen molar-refractivity contribution in [3.8, 4) is 17.2 Å². The molecule has 0 unspecified atom stereocenters. The zero-order valence-electron chi connectivity index (χ0n) is 17.3. The van der Waals surface area contributed by atoms with Crippen molar-refractivity contribution < 1.29 is 40.6 Å². The number of ether oxygens (including phenoxy) is 3. The summed E-state index contributed by atoms with van der Waals surface area (Å²) in [5.74, 6) is 0.0857. The van der Waals surface area contributed by atoms with E-state index in [0.29, 0.717) is 17.1 Å². The third-order valence-electron chi connectivity index (χ3n) is 4.85. The minimum Gasteiger partial charge on any atom is -0.493 e. The summed E-state index contributed by atoms with van der Waals surface area (Å²) in [6.07, 6.45) is -4.86.